The second-order valence-electron chi connectivity index (χ2n) is 6.82. The molecule has 2 aromatic carbocycles. The number of amides is 2. The molecule has 162 valence electrons. The number of carbonyl (C=O) groups is 3. The van der Waals surface area contributed by atoms with Crippen LogP contribution in [0.2, 0.25) is 0 Å². The highest BCUT2D eigenvalue weighted by molar-refractivity contribution is 8.15. The van der Waals surface area contributed by atoms with Crippen LogP contribution in [0, 0.1) is 0 Å². The van der Waals surface area contributed by atoms with Crippen molar-refractivity contribution in [3.8, 4) is 0 Å². The molecule has 0 radical (unpaired) electrons. The van der Waals surface area contributed by atoms with Crippen molar-refractivity contribution in [2.75, 3.05) is 18.1 Å². The lowest BCUT2D eigenvalue weighted by Gasteiger charge is -2.16. The monoisotopic (exact) mass is 439 g/mol. The molecule has 0 aliphatic carbocycles. The highest BCUT2D eigenvalue weighted by Gasteiger charge is 2.40. The molecule has 7 nitrogen and oxygen atoms in total. The molecular formula is C23H25N3O4S. The van der Waals surface area contributed by atoms with Crippen molar-refractivity contribution in [1.82, 2.24) is 5.32 Å². The molecule has 8 heteroatoms. The van der Waals surface area contributed by atoms with Crippen LogP contribution in [0.1, 0.15) is 37.0 Å². The lowest BCUT2D eigenvalue weighted by molar-refractivity contribution is -0.121. The molecular weight excluding hydrogens is 414 g/mol. The van der Waals surface area contributed by atoms with E-state index in [4.69, 9.17) is 4.74 Å². The van der Waals surface area contributed by atoms with Crippen molar-refractivity contribution in [3.05, 3.63) is 60.2 Å². The van der Waals surface area contributed by atoms with Crippen LogP contribution < -0.4 is 10.2 Å². The summed E-state index contributed by atoms with van der Waals surface area (Å²) in [6.07, 6.45) is 0.996. The molecule has 31 heavy (non-hydrogen) atoms. The van der Waals surface area contributed by atoms with E-state index in [1.807, 2.05) is 37.3 Å². The van der Waals surface area contributed by atoms with Gasteiger partial charge in [0, 0.05) is 13.0 Å². The maximum atomic E-state index is 13.0. The van der Waals surface area contributed by atoms with Crippen LogP contribution >= 0.6 is 11.8 Å². The first-order valence-electron chi connectivity index (χ1n) is 10.2. The molecule has 1 atom stereocenters. The number of imide groups is 1. The summed E-state index contributed by atoms with van der Waals surface area (Å²) in [5.41, 5.74) is 1.59. The Morgan fingerprint density at radius 1 is 1.13 bits per heavy atom. The third kappa shape index (κ3) is 5.73. The lowest BCUT2D eigenvalue weighted by atomic mass is 10.2. The number of esters is 1. The zero-order valence-corrected chi connectivity index (χ0v) is 18.4. The van der Waals surface area contributed by atoms with Crippen molar-refractivity contribution < 1.29 is 19.1 Å². The van der Waals surface area contributed by atoms with Crippen LogP contribution in [0.4, 0.5) is 11.4 Å². The van der Waals surface area contributed by atoms with Gasteiger partial charge in [0.05, 0.1) is 23.5 Å². The van der Waals surface area contributed by atoms with Crippen LogP contribution in [0.15, 0.2) is 59.6 Å². The maximum Gasteiger partial charge on any atom is 0.338 e. The van der Waals surface area contributed by atoms with E-state index in [-0.39, 0.29) is 24.8 Å². The number of aliphatic imine (C=N–C) groups is 1. The topological polar surface area (TPSA) is 88.1 Å². The Bertz CT molecular complexity index is 961. The number of hydrogen-bond donors (Lipinski definition) is 1. The second-order valence-corrected chi connectivity index (χ2v) is 8.02. The summed E-state index contributed by atoms with van der Waals surface area (Å²) in [5.74, 6) is -1.01. The Kier molecular flexibility index (Phi) is 7.83. The van der Waals surface area contributed by atoms with Gasteiger partial charge in [-0.05, 0) is 49.7 Å². The molecule has 1 heterocycles. The van der Waals surface area contributed by atoms with E-state index in [1.165, 1.54) is 16.7 Å². The smallest absolute Gasteiger partial charge is 0.338 e. The van der Waals surface area contributed by atoms with E-state index in [2.05, 4.69) is 10.3 Å². The number of benzene rings is 2. The highest BCUT2D eigenvalue weighted by atomic mass is 32.2. The molecule has 1 N–H and O–H groups in total. The molecule has 0 saturated carbocycles. The summed E-state index contributed by atoms with van der Waals surface area (Å²) in [5, 5.41) is 3.29. The molecule has 1 saturated heterocycles. The summed E-state index contributed by atoms with van der Waals surface area (Å²) in [6.45, 7) is 4.77. The summed E-state index contributed by atoms with van der Waals surface area (Å²) in [7, 11) is 0. The molecule has 3 rings (SSSR count). The number of anilines is 1. The molecule has 0 aromatic heterocycles. The number of carbonyl (C=O) groups excluding carboxylic acids is 3. The summed E-state index contributed by atoms with van der Waals surface area (Å²) in [6, 6.07) is 15.8. The Hall–Kier alpha value is -3.13. The minimum Gasteiger partial charge on any atom is -0.462 e. The van der Waals surface area contributed by atoms with Crippen LogP contribution in [-0.2, 0) is 14.3 Å². The summed E-state index contributed by atoms with van der Waals surface area (Å²) in [4.78, 5) is 43.2. The molecule has 1 aliphatic heterocycles. The van der Waals surface area contributed by atoms with E-state index in [1.54, 1.807) is 31.2 Å². The van der Waals surface area contributed by atoms with Gasteiger partial charge in [-0.3, -0.25) is 9.59 Å². The van der Waals surface area contributed by atoms with Gasteiger partial charge in [-0.2, -0.15) is 0 Å². The van der Waals surface area contributed by atoms with Gasteiger partial charge in [-0.1, -0.05) is 36.9 Å². The third-order valence-corrected chi connectivity index (χ3v) is 5.62. The SMILES string of the molecule is CCCN/C(=N\c1ccccc1)SC1CC(=O)N(c2ccc(C(=O)OCC)cc2)C1=O. The molecule has 1 aliphatic rings. The average molecular weight is 440 g/mol. The Morgan fingerprint density at radius 3 is 2.48 bits per heavy atom. The highest BCUT2D eigenvalue weighted by Crippen LogP contribution is 2.31. The Morgan fingerprint density at radius 2 is 1.84 bits per heavy atom. The Balaban J connectivity index is 1.75. The molecule has 0 bridgehead atoms. The van der Waals surface area contributed by atoms with Crippen molar-refractivity contribution in [1.29, 1.82) is 0 Å². The first-order chi connectivity index (χ1) is 15.0. The van der Waals surface area contributed by atoms with Gasteiger partial charge in [-0.25, -0.2) is 14.7 Å². The van der Waals surface area contributed by atoms with E-state index >= 15 is 0 Å². The first kappa shape index (κ1) is 22.6. The average Bonchev–Trinajstić information content (AvgIpc) is 3.05. The lowest BCUT2D eigenvalue weighted by Crippen LogP contribution is -2.32. The minimum absolute atomic E-state index is 0.0880. The summed E-state index contributed by atoms with van der Waals surface area (Å²) >= 11 is 1.26. The van der Waals surface area contributed by atoms with Gasteiger partial charge in [0.25, 0.3) is 0 Å². The van der Waals surface area contributed by atoms with Gasteiger partial charge >= 0.3 is 5.97 Å². The second kappa shape index (κ2) is 10.8. The van der Waals surface area contributed by atoms with E-state index in [9.17, 15) is 14.4 Å². The van der Waals surface area contributed by atoms with E-state index in [0.29, 0.717) is 23.0 Å². The standard InChI is InChI=1S/C23H25N3O4S/c1-3-14-24-23(25-17-8-6-5-7-9-17)31-19-15-20(27)26(21(19)28)18-12-10-16(11-13-18)22(29)30-4-2/h5-13,19H,3-4,14-15H2,1-2H3,(H,24,25). The number of para-hydroxylation sites is 1. The molecule has 1 fully saturated rings. The Labute approximate surface area is 185 Å². The predicted molar refractivity (Wildman–Crippen MR) is 123 cm³/mol. The van der Waals surface area contributed by atoms with Gasteiger partial charge < -0.3 is 10.1 Å². The van der Waals surface area contributed by atoms with Crippen molar-refractivity contribution in [3.63, 3.8) is 0 Å². The van der Waals surface area contributed by atoms with Gasteiger partial charge in [0.2, 0.25) is 11.8 Å². The largest absolute Gasteiger partial charge is 0.462 e. The van der Waals surface area contributed by atoms with Gasteiger partial charge in [-0.15, -0.1) is 0 Å². The normalized spacial score (nSPS) is 16.5. The number of thioether (sulfide) groups is 1. The number of rotatable bonds is 7. The van der Waals surface area contributed by atoms with Crippen LogP contribution in [0.25, 0.3) is 0 Å². The number of nitrogens with zero attached hydrogens (tertiary/aromatic N) is 2. The molecule has 1 unspecified atom stereocenters. The first-order valence-corrected chi connectivity index (χ1v) is 11.1. The van der Waals surface area contributed by atoms with Gasteiger partial charge in [0.15, 0.2) is 5.17 Å². The number of nitrogens with one attached hydrogen (secondary N) is 1. The van der Waals surface area contributed by atoms with Crippen molar-refractivity contribution in [2.45, 2.75) is 31.9 Å². The van der Waals surface area contributed by atoms with Crippen LogP contribution in [0.5, 0.6) is 0 Å². The predicted octanol–water partition coefficient (Wildman–Crippen LogP) is 3.92. The molecule has 0 spiro atoms. The number of hydrogen-bond acceptors (Lipinski definition) is 6. The van der Waals surface area contributed by atoms with Gasteiger partial charge in [0.1, 0.15) is 5.25 Å². The summed E-state index contributed by atoms with van der Waals surface area (Å²) < 4.78 is 4.97. The fourth-order valence-corrected chi connectivity index (χ4v) is 4.07. The van der Waals surface area contributed by atoms with Crippen molar-refractivity contribution in [2.24, 2.45) is 4.99 Å². The number of ether oxygens (including phenoxy) is 1. The van der Waals surface area contributed by atoms with Crippen LogP contribution in [-0.4, -0.2) is 41.4 Å². The fourth-order valence-electron chi connectivity index (χ4n) is 3.02. The number of amidine groups is 1. The van der Waals surface area contributed by atoms with Crippen molar-refractivity contribution >= 4 is 46.1 Å². The van der Waals surface area contributed by atoms with E-state index in [0.717, 1.165) is 12.1 Å². The van der Waals surface area contributed by atoms with E-state index < -0.39 is 11.2 Å². The molecule has 2 aromatic rings. The third-order valence-electron chi connectivity index (χ3n) is 4.51. The van der Waals surface area contributed by atoms with Crippen LogP contribution in [0.3, 0.4) is 0 Å². The molecule has 2 amide bonds. The fraction of sp³-hybridized carbons (Fsp3) is 0.304. The minimum atomic E-state index is -0.566. The zero-order valence-electron chi connectivity index (χ0n) is 17.5. The quantitative estimate of drug-likeness (QED) is 0.305. The maximum absolute atomic E-state index is 13.0. The zero-order chi connectivity index (χ0) is 22.2.